The monoisotopic (exact) mass is 376 g/mol. The number of hydrogen-bond donors (Lipinski definition) is 1. The molecular formula is C22H20N2O4. The number of fused-ring (bicyclic) bond motifs is 1. The average Bonchev–Trinajstić information content (AvgIpc) is 2.75. The standard InChI is InChI=1S/C22H20N2O4/c1-26-19-7-6-17-9-16(3-5-18(17)11-19)13-24-22(25)14-28-20-8-4-15(12-23)10-21(20)27-2/h3-11H,13-14H2,1-2H3,(H,24,25). The van der Waals surface area contributed by atoms with Gasteiger partial charge in [-0.2, -0.15) is 5.26 Å². The van der Waals surface area contributed by atoms with Crippen LogP contribution in [0.2, 0.25) is 0 Å². The minimum Gasteiger partial charge on any atom is -0.497 e. The molecule has 0 saturated carbocycles. The summed E-state index contributed by atoms with van der Waals surface area (Å²) in [5.74, 6) is 1.39. The van der Waals surface area contributed by atoms with E-state index < -0.39 is 0 Å². The smallest absolute Gasteiger partial charge is 0.258 e. The zero-order valence-electron chi connectivity index (χ0n) is 15.7. The van der Waals surface area contributed by atoms with Gasteiger partial charge in [0.05, 0.1) is 25.9 Å². The first-order chi connectivity index (χ1) is 13.6. The summed E-state index contributed by atoms with van der Waals surface area (Å²) < 4.78 is 15.9. The normalized spacial score (nSPS) is 10.2. The van der Waals surface area contributed by atoms with E-state index in [0.29, 0.717) is 23.6 Å². The minimum absolute atomic E-state index is 0.146. The number of nitriles is 1. The number of amides is 1. The molecule has 28 heavy (non-hydrogen) atoms. The highest BCUT2D eigenvalue weighted by Gasteiger charge is 2.09. The van der Waals surface area contributed by atoms with Crippen LogP contribution >= 0.6 is 0 Å². The van der Waals surface area contributed by atoms with Gasteiger partial charge in [0.15, 0.2) is 18.1 Å². The molecule has 0 heterocycles. The van der Waals surface area contributed by atoms with E-state index in [1.54, 1.807) is 25.3 Å². The Balaban J connectivity index is 1.57. The van der Waals surface area contributed by atoms with Crippen molar-refractivity contribution in [2.24, 2.45) is 0 Å². The summed E-state index contributed by atoms with van der Waals surface area (Å²) >= 11 is 0. The van der Waals surface area contributed by atoms with E-state index in [9.17, 15) is 4.79 Å². The number of ether oxygens (including phenoxy) is 3. The Morgan fingerprint density at radius 3 is 2.50 bits per heavy atom. The number of carbonyl (C=O) groups excluding carboxylic acids is 1. The van der Waals surface area contributed by atoms with E-state index in [-0.39, 0.29) is 12.5 Å². The zero-order chi connectivity index (χ0) is 19.9. The zero-order valence-corrected chi connectivity index (χ0v) is 15.7. The van der Waals surface area contributed by atoms with Crippen molar-refractivity contribution in [1.82, 2.24) is 5.32 Å². The molecule has 1 amide bonds. The van der Waals surface area contributed by atoms with Crippen LogP contribution in [0.4, 0.5) is 0 Å². The lowest BCUT2D eigenvalue weighted by Crippen LogP contribution is -2.28. The second-order valence-electron chi connectivity index (χ2n) is 6.09. The molecule has 0 aliphatic carbocycles. The van der Waals surface area contributed by atoms with Crippen molar-refractivity contribution in [2.75, 3.05) is 20.8 Å². The SMILES string of the molecule is COc1ccc2cc(CNC(=O)COc3ccc(C#N)cc3OC)ccc2c1. The summed E-state index contributed by atoms with van der Waals surface area (Å²) in [7, 11) is 3.12. The van der Waals surface area contributed by atoms with Crippen LogP contribution in [0.15, 0.2) is 54.6 Å². The van der Waals surface area contributed by atoms with Gasteiger partial charge in [-0.25, -0.2) is 0 Å². The Morgan fingerprint density at radius 1 is 0.964 bits per heavy atom. The maximum atomic E-state index is 12.1. The molecule has 3 aromatic rings. The number of rotatable bonds is 7. The Hall–Kier alpha value is -3.72. The molecule has 1 N–H and O–H groups in total. The highest BCUT2D eigenvalue weighted by atomic mass is 16.5. The van der Waals surface area contributed by atoms with E-state index in [4.69, 9.17) is 19.5 Å². The van der Waals surface area contributed by atoms with Crippen LogP contribution in [0, 0.1) is 11.3 Å². The molecule has 0 fully saturated rings. The number of benzene rings is 3. The largest absolute Gasteiger partial charge is 0.497 e. The maximum absolute atomic E-state index is 12.1. The van der Waals surface area contributed by atoms with Gasteiger partial charge in [-0.1, -0.05) is 18.2 Å². The summed E-state index contributed by atoms with van der Waals surface area (Å²) in [6.45, 7) is 0.252. The van der Waals surface area contributed by atoms with Crippen molar-refractivity contribution in [2.45, 2.75) is 6.54 Å². The van der Waals surface area contributed by atoms with Crippen LogP contribution in [0.5, 0.6) is 17.2 Å². The lowest BCUT2D eigenvalue weighted by molar-refractivity contribution is -0.123. The molecule has 0 spiro atoms. The summed E-state index contributed by atoms with van der Waals surface area (Å²) in [6, 6.07) is 18.7. The second kappa shape index (κ2) is 8.78. The van der Waals surface area contributed by atoms with Crippen LogP contribution in [-0.2, 0) is 11.3 Å². The van der Waals surface area contributed by atoms with Crippen molar-refractivity contribution < 1.29 is 19.0 Å². The first-order valence-corrected chi connectivity index (χ1v) is 8.67. The molecule has 0 aliphatic rings. The van der Waals surface area contributed by atoms with Crippen LogP contribution in [0.1, 0.15) is 11.1 Å². The first-order valence-electron chi connectivity index (χ1n) is 8.67. The van der Waals surface area contributed by atoms with Gasteiger partial charge in [0.1, 0.15) is 5.75 Å². The van der Waals surface area contributed by atoms with Crippen LogP contribution < -0.4 is 19.5 Å². The Morgan fingerprint density at radius 2 is 1.75 bits per heavy atom. The molecule has 3 rings (SSSR count). The van der Waals surface area contributed by atoms with E-state index in [1.807, 2.05) is 42.5 Å². The fraction of sp³-hybridized carbons (Fsp3) is 0.182. The van der Waals surface area contributed by atoms with E-state index >= 15 is 0 Å². The topological polar surface area (TPSA) is 80.6 Å². The molecule has 0 atom stereocenters. The lowest BCUT2D eigenvalue weighted by atomic mass is 10.1. The minimum atomic E-state index is -0.249. The van der Waals surface area contributed by atoms with Gasteiger partial charge in [-0.05, 0) is 46.7 Å². The van der Waals surface area contributed by atoms with Crippen molar-refractivity contribution in [3.8, 4) is 23.3 Å². The van der Waals surface area contributed by atoms with Crippen molar-refractivity contribution in [3.05, 3.63) is 65.7 Å². The molecule has 0 aliphatic heterocycles. The number of methoxy groups -OCH3 is 2. The summed E-state index contributed by atoms with van der Waals surface area (Å²) in [4.78, 5) is 12.1. The predicted octanol–water partition coefficient (Wildman–Crippen LogP) is 3.42. The average molecular weight is 376 g/mol. The Bertz CT molecular complexity index is 1040. The molecule has 142 valence electrons. The predicted molar refractivity (Wildman–Crippen MR) is 106 cm³/mol. The fourth-order valence-corrected chi connectivity index (χ4v) is 2.76. The Kier molecular flexibility index (Phi) is 5.97. The van der Waals surface area contributed by atoms with Crippen molar-refractivity contribution in [3.63, 3.8) is 0 Å². The third-order valence-corrected chi connectivity index (χ3v) is 4.25. The van der Waals surface area contributed by atoms with Gasteiger partial charge in [0.2, 0.25) is 0 Å². The molecule has 0 aromatic heterocycles. The van der Waals surface area contributed by atoms with Crippen molar-refractivity contribution in [1.29, 1.82) is 5.26 Å². The molecule has 6 nitrogen and oxygen atoms in total. The quantitative estimate of drug-likeness (QED) is 0.683. The molecule has 3 aromatic carbocycles. The van der Waals surface area contributed by atoms with Gasteiger partial charge in [0.25, 0.3) is 5.91 Å². The summed E-state index contributed by atoms with van der Waals surface area (Å²) in [5.41, 5.74) is 1.45. The highest BCUT2D eigenvalue weighted by molar-refractivity contribution is 5.84. The highest BCUT2D eigenvalue weighted by Crippen LogP contribution is 2.27. The van der Waals surface area contributed by atoms with Gasteiger partial charge in [-0.3, -0.25) is 4.79 Å². The summed E-state index contributed by atoms with van der Waals surface area (Å²) in [6.07, 6.45) is 0. The third-order valence-electron chi connectivity index (χ3n) is 4.25. The summed E-state index contributed by atoms with van der Waals surface area (Å²) in [5, 5.41) is 13.9. The number of nitrogens with zero attached hydrogens (tertiary/aromatic N) is 1. The first kappa shape index (κ1) is 19.1. The molecule has 0 bridgehead atoms. The molecular weight excluding hydrogens is 356 g/mol. The molecule has 0 radical (unpaired) electrons. The molecule has 0 unspecified atom stereocenters. The van der Waals surface area contributed by atoms with E-state index in [2.05, 4.69) is 5.32 Å². The second-order valence-corrected chi connectivity index (χ2v) is 6.09. The van der Waals surface area contributed by atoms with Gasteiger partial charge in [0, 0.05) is 12.6 Å². The maximum Gasteiger partial charge on any atom is 0.258 e. The third kappa shape index (κ3) is 4.51. The number of nitrogens with one attached hydrogen (secondary N) is 1. The van der Waals surface area contributed by atoms with Gasteiger partial charge < -0.3 is 19.5 Å². The van der Waals surface area contributed by atoms with E-state index in [0.717, 1.165) is 22.1 Å². The lowest BCUT2D eigenvalue weighted by Gasteiger charge is -2.11. The van der Waals surface area contributed by atoms with Gasteiger partial charge >= 0.3 is 0 Å². The van der Waals surface area contributed by atoms with Crippen LogP contribution in [0.3, 0.4) is 0 Å². The van der Waals surface area contributed by atoms with Crippen molar-refractivity contribution >= 4 is 16.7 Å². The van der Waals surface area contributed by atoms with E-state index in [1.165, 1.54) is 7.11 Å². The molecule has 0 saturated heterocycles. The van der Waals surface area contributed by atoms with Crippen LogP contribution in [0.25, 0.3) is 10.8 Å². The number of carbonyl (C=O) groups is 1. The molecule has 6 heteroatoms. The van der Waals surface area contributed by atoms with Crippen LogP contribution in [-0.4, -0.2) is 26.7 Å². The number of hydrogen-bond acceptors (Lipinski definition) is 5. The van der Waals surface area contributed by atoms with Gasteiger partial charge in [-0.15, -0.1) is 0 Å². The Labute approximate surface area is 163 Å². The fourth-order valence-electron chi connectivity index (χ4n) is 2.76.